The third kappa shape index (κ3) is 8.55. The number of pyridine rings is 1. The second kappa shape index (κ2) is 15.8. The topological polar surface area (TPSA) is 96.0 Å². The molecule has 1 aliphatic heterocycles. The Labute approximate surface area is 266 Å². The number of likely N-dealkylation sites (N-methyl/N-ethyl adjacent to an activating group) is 1. The van der Waals surface area contributed by atoms with Crippen molar-refractivity contribution < 1.29 is 19.4 Å². The van der Waals surface area contributed by atoms with Crippen LogP contribution >= 0.6 is 0 Å². The molecule has 4 unspecified atom stereocenters. The van der Waals surface area contributed by atoms with Gasteiger partial charge in [-0.2, -0.15) is 0 Å². The van der Waals surface area contributed by atoms with E-state index >= 15 is 0 Å². The highest BCUT2D eigenvalue weighted by molar-refractivity contribution is 5.74. The summed E-state index contributed by atoms with van der Waals surface area (Å²) in [6.07, 6.45) is 1.92. The molecule has 4 aromatic rings. The fraction of sp³-hybridized carbons (Fsp3) is 0.351. The Hall–Kier alpha value is -4.08. The molecular weight excluding hydrogens is 564 g/mol. The number of benzene rings is 3. The first-order valence-corrected chi connectivity index (χ1v) is 15.7. The molecule has 0 saturated carbocycles. The van der Waals surface area contributed by atoms with Crippen molar-refractivity contribution in [3.8, 4) is 11.1 Å². The van der Waals surface area contributed by atoms with Gasteiger partial charge in [0.1, 0.15) is 0 Å². The number of amides is 2. The zero-order chi connectivity index (χ0) is 31.6. The van der Waals surface area contributed by atoms with Crippen molar-refractivity contribution in [2.75, 3.05) is 26.7 Å². The average Bonchev–Trinajstić information content (AvgIpc) is 3.08. The van der Waals surface area contributed by atoms with Gasteiger partial charge in [-0.1, -0.05) is 85.8 Å². The van der Waals surface area contributed by atoms with Crippen molar-refractivity contribution in [3.63, 3.8) is 0 Å². The number of nitrogens with one attached hydrogen (secondary N) is 2. The van der Waals surface area contributed by atoms with E-state index in [0.717, 1.165) is 58.6 Å². The number of aromatic nitrogens is 1. The lowest BCUT2D eigenvalue weighted by molar-refractivity contribution is -0.275. The molecule has 0 aliphatic carbocycles. The van der Waals surface area contributed by atoms with Crippen LogP contribution in [-0.2, 0) is 29.0 Å². The van der Waals surface area contributed by atoms with E-state index < -0.39 is 6.29 Å². The smallest absolute Gasteiger partial charge is 0.315 e. The highest BCUT2D eigenvalue weighted by Crippen LogP contribution is 2.42. The Morgan fingerprint density at radius 2 is 1.64 bits per heavy atom. The average molecular weight is 609 g/mol. The predicted octanol–water partition coefficient (Wildman–Crippen LogP) is 6.03. The highest BCUT2D eigenvalue weighted by Gasteiger charge is 2.38. The second-order valence-corrected chi connectivity index (χ2v) is 11.6. The maximum absolute atomic E-state index is 12.0. The van der Waals surface area contributed by atoms with Crippen molar-refractivity contribution >= 4 is 6.03 Å². The minimum Gasteiger partial charge on any atom is -0.392 e. The molecule has 2 amide bonds. The number of aliphatic hydroxyl groups excluding tert-OH is 1. The molecule has 1 aromatic heterocycles. The molecule has 8 nitrogen and oxygen atoms in total. The number of carbonyl (C=O) groups excluding carboxylic acids is 1. The van der Waals surface area contributed by atoms with Crippen LogP contribution < -0.4 is 10.6 Å². The number of hydrogen-bond donors (Lipinski definition) is 3. The molecule has 0 bridgehead atoms. The molecule has 8 heteroatoms. The van der Waals surface area contributed by atoms with Gasteiger partial charge in [-0.05, 0) is 53.9 Å². The normalized spacial score (nSPS) is 19.8. The molecule has 45 heavy (non-hydrogen) atoms. The summed E-state index contributed by atoms with van der Waals surface area (Å²) in [6, 6.07) is 30.3. The number of aliphatic hydroxyl groups is 1. The summed E-state index contributed by atoms with van der Waals surface area (Å²) in [5, 5.41) is 15.3. The zero-order valence-electron chi connectivity index (χ0n) is 26.4. The van der Waals surface area contributed by atoms with Crippen molar-refractivity contribution in [3.05, 3.63) is 125 Å². The number of nitrogens with zero attached hydrogens (tertiary/aromatic N) is 2. The van der Waals surface area contributed by atoms with Crippen molar-refractivity contribution in [1.82, 2.24) is 20.5 Å². The summed E-state index contributed by atoms with van der Waals surface area (Å²) < 4.78 is 13.4. The van der Waals surface area contributed by atoms with Crippen molar-refractivity contribution in [2.24, 2.45) is 5.92 Å². The van der Waals surface area contributed by atoms with Gasteiger partial charge in [0.2, 0.25) is 0 Å². The van der Waals surface area contributed by atoms with Gasteiger partial charge in [-0.25, -0.2) is 4.79 Å². The minimum atomic E-state index is -0.540. The maximum atomic E-state index is 12.0. The molecule has 236 valence electrons. The second-order valence-electron chi connectivity index (χ2n) is 11.6. The molecule has 1 aliphatic rings. The van der Waals surface area contributed by atoms with Crippen molar-refractivity contribution in [1.29, 1.82) is 0 Å². The Morgan fingerprint density at radius 3 is 2.36 bits per heavy atom. The fourth-order valence-corrected chi connectivity index (χ4v) is 5.75. The summed E-state index contributed by atoms with van der Waals surface area (Å²) in [5.41, 5.74) is 7.12. The van der Waals surface area contributed by atoms with Gasteiger partial charge in [-0.3, -0.25) is 4.98 Å². The lowest BCUT2D eigenvalue weighted by atomic mass is 9.90. The Balaban J connectivity index is 1.34. The van der Waals surface area contributed by atoms with Gasteiger partial charge in [0.15, 0.2) is 6.29 Å². The molecule has 5 rings (SSSR count). The quantitative estimate of drug-likeness (QED) is 0.182. The summed E-state index contributed by atoms with van der Waals surface area (Å²) in [5.74, 6) is 0.0992. The third-order valence-electron chi connectivity index (χ3n) is 8.38. The molecule has 0 spiro atoms. The largest absolute Gasteiger partial charge is 0.392 e. The lowest BCUT2D eigenvalue weighted by Crippen LogP contribution is -2.43. The summed E-state index contributed by atoms with van der Waals surface area (Å²) in [6.45, 7) is 6.73. The van der Waals surface area contributed by atoms with Gasteiger partial charge >= 0.3 is 6.03 Å². The van der Waals surface area contributed by atoms with Gasteiger partial charge in [0.25, 0.3) is 0 Å². The van der Waals surface area contributed by atoms with Crippen LogP contribution in [0, 0.1) is 5.92 Å². The van der Waals surface area contributed by atoms with Crippen LogP contribution in [0.25, 0.3) is 11.1 Å². The Bertz CT molecular complexity index is 1500. The van der Waals surface area contributed by atoms with Crippen LogP contribution in [0.1, 0.15) is 54.2 Å². The number of rotatable bonds is 12. The van der Waals surface area contributed by atoms with Crippen LogP contribution in [0.5, 0.6) is 0 Å². The first-order valence-electron chi connectivity index (χ1n) is 15.7. The number of ether oxygens (including phenoxy) is 2. The molecule has 0 radical (unpaired) electrons. The molecule has 4 atom stereocenters. The zero-order valence-corrected chi connectivity index (χ0v) is 26.4. The fourth-order valence-electron chi connectivity index (χ4n) is 5.75. The van der Waals surface area contributed by atoms with E-state index in [-0.39, 0.29) is 30.8 Å². The van der Waals surface area contributed by atoms with E-state index in [1.54, 1.807) is 0 Å². The molecular formula is C37H44N4O4. The molecule has 3 aromatic carbocycles. The summed E-state index contributed by atoms with van der Waals surface area (Å²) in [4.78, 5) is 18.8. The third-order valence-corrected chi connectivity index (χ3v) is 8.38. The van der Waals surface area contributed by atoms with Crippen LogP contribution in [-0.4, -0.2) is 53.8 Å². The van der Waals surface area contributed by atoms with Gasteiger partial charge < -0.3 is 30.1 Å². The van der Waals surface area contributed by atoms with Crippen molar-refractivity contribution in [2.45, 2.75) is 51.9 Å². The lowest BCUT2D eigenvalue weighted by Gasteiger charge is -2.42. The van der Waals surface area contributed by atoms with Gasteiger partial charge in [0, 0.05) is 56.0 Å². The molecule has 1 fully saturated rings. The van der Waals surface area contributed by atoms with E-state index in [1.165, 1.54) is 0 Å². The standard InChI is InChI=1S/C37H44N4O4/c1-4-38-37(43)40-23-31-9-5-6-11-33(31)28-16-18-30(19-17-28)36-44-34(24-41(3)22-20-32-10-7-8-21-39-32)26(2)35(45-36)29-14-12-27(25-42)13-15-29/h5-19,21,26,34-36,42H,4,20,22-25H2,1-3H3,(H2,38,40,43). The molecule has 3 N–H and O–H groups in total. The number of carbonyl (C=O) groups is 1. The monoisotopic (exact) mass is 608 g/mol. The first-order chi connectivity index (χ1) is 21.9. The van der Waals surface area contributed by atoms with E-state index in [1.807, 2.05) is 67.7 Å². The van der Waals surface area contributed by atoms with Crippen LogP contribution in [0.15, 0.2) is 97.2 Å². The van der Waals surface area contributed by atoms with Crippen LogP contribution in [0.4, 0.5) is 4.79 Å². The number of urea groups is 1. The summed E-state index contributed by atoms with van der Waals surface area (Å²) in [7, 11) is 2.13. The van der Waals surface area contributed by atoms with E-state index in [9.17, 15) is 9.90 Å². The van der Waals surface area contributed by atoms with E-state index in [4.69, 9.17) is 9.47 Å². The minimum absolute atomic E-state index is 0.00820. The Kier molecular flexibility index (Phi) is 11.3. The van der Waals surface area contributed by atoms with Gasteiger partial charge in [0.05, 0.1) is 18.8 Å². The van der Waals surface area contributed by atoms with E-state index in [0.29, 0.717) is 13.1 Å². The van der Waals surface area contributed by atoms with Gasteiger partial charge in [-0.15, -0.1) is 0 Å². The molecule has 1 saturated heterocycles. The highest BCUT2D eigenvalue weighted by atomic mass is 16.7. The van der Waals surface area contributed by atoms with Crippen LogP contribution in [0.2, 0.25) is 0 Å². The van der Waals surface area contributed by atoms with E-state index in [2.05, 4.69) is 70.9 Å². The predicted molar refractivity (Wildman–Crippen MR) is 176 cm³/mol. The van der Waals surface area contributed by atoms with Crippen LogP contribution in [0.3, 0.4) is 0 Å². The number of hydrogen-bond acceptors (Lipinski definition) is 6. The Morgan fingerprint density at radius 1 is 0.911 bits per heavy atom. The molecule has 2 heterocycles. The maximum Gasteiger partial charge on any atom is 0.315 e. The summed E-state index contributed by atoms with van der Waals surface area (Å²) >= 11 is 0. The SMILES string of the molecule is CCNC(=O)NCc1ccccc1-c1ccc(C2OC(CN(C)CCc3ccccn3)C(C)C(c3ccc(CO)cc3)O2)cc1. The first kappa shape index (κ1) is 32.3.